The number of hydrogen-bond donors (Lipinski definition) is 3. The number of aliphatic carboxylic acids is 2. The number of aromatic nitrogens is 2. The predicted octanol–water partition coefficient (Wildman–Crippen LogP) is 1.96. The molecule has 11 nitrogen and oxygen atoms in total. The maximum Gasteiger partial charge on any atom is 0.328 e. The number of carboxylic acid groups (broad SMARTS) is 2. The first kappa shape index (κ1) is 25.9. The average Bonchev–Trinajstić information content (AvgIpc) is 3.40. The van der Waals surface area contributed by atoms with Crippen LogP contribution in [0.4, 0.5) is 8.78 Å². The van der Waals surface area contributed by atoms with Gasteiger partial charge in [0.25, 0.3) is 0 Å². The third kappa shape index (κ3) is 5.91. The van der Waals surface area contributed by atoms with Gasteiger partial charge in [0.1, 0.15) is 11.8 Å². The lowest BCUT2D eigenvalue weighted by atomic mass is 10.2. The van der Waals surface area contributed by atoms with Crippen molar-refractivity contribution in [1.82, 2.24) is 14.3 Å². The molecule has 0 saturated heterocycles. The molecule has 0 atom stereocenters. The Morgan fingerprint density at radius 1 is 1.24 bits per heavy atom. The molecule has 0 saturated carbocycles. The lowest BCUT2D eigenvalue weighted by Gasteiger charge is -2.09. The van der Waals surface area contributed by atoms with Gasteiger partial charge in [0, 0.05) is 36.7 Å². The van der Waals surface area contributed by atoms with Gasteiger partial charge in [-0.25, -0.2) is 22.9 Å². The molecule has 0 bridgehead atoms. The van der Waals surface area contributed by atoms with E-state index in [-0.39, 0.29) is 23.4 Å². The van der Waals surface area contributed by atoms with Crippen molar-refractivity contribution in [2.75, 3.05) is 7.05 Å². The second-order valence-corrected chi connectivity index (χ2v) is 7.98. The standard InChI is InChI=1S/C16H12F2N4O3S.C4H4O4/c1-20-8-10-9-22(26(23,24)13-5-4-11(7-19)25-13)15(14(10)17)12-3-2-6-21-16(12)18;5-3(6)1-2-4(7)8/h2-6,9,20H,8H2,1H3;1-2H,(H,5,6)(H,7,8)/b;2-1+. The smallest absolute Gasteiger partial charge is 0.328 e. The Morgan fingerprint density at radius 3 is 2.38 bits per heavy atom. The molecular weight excluding hydrogens is 478 g/mol. The molecule has 0 aliphatic heterocycles. The molecule has 3 aromatic heterocycles. The number of carboxylic acids is 2. The molecule has 0 fully saturated rings. The number of nitriles is 1. The van der Waals surface area contributed by atoms with Gasteiger partial charge in [-0.1, -0.05) is 0 Å². The van der Waals surface area contributed by atoms with Gasteiger partial charge in [0.15, 0.2) is 5.82 Å². The number of hydrogen-bond acceptors (Lipinski definition) is 8. The first-order valence-electron chi connectivity index (χ1n) is 9.07. The van der Waals surface area contributed by atoms with Crippen LogP contribution < -0.4 is 5.32 Å². The third-order valence-corrected chi connectivity index (χ3v) is 5.47. The average molecular weight is 494 g/mol. The van der Waals surface area contributed by atoms with Gasteiger partial charge < -0.3 is 19.9 Å². The first-order chi connectivity index (χ1) is 16.0. The Bertz CT molecular complexity index is 1370. The summed E-state index contributed by atoms with van der Waals surface area (Å²) in [6, 6.07) is 6.50. The summed E-state index contributed by atoms with van der Waals surface area (Å²) in [7, 11) is -2.85. The highest BCUT2D eigenvalue weighted by molar-refractivity contribution is 7.89. The highest BCUT2D eigenvalue weighted by atomic mass is 32.2. The summed E-state index contributed by atoms with van der Waals surface area (Å²) in [6.07, 6.45) is 3.32. The maximum absolute atomic E-state index is 14.9. The number of rotatable bonds is 7. The molecule has 0 radical (unpaired) electrons. The molecule has 14 heteroatoms. The van der Waals surface area contributed by atoms with Crippen LogP contribution >= 0.6 is 0 Å². The largest absolute Gasteiger partial charge is 0.478 e. The van der Waals surface area contributed by atoms with Gasteiger partial charge in [0.2, 0.25) is 16.8 Å². The molecule has 0 aliphatic rings. The Kier molecular flexibility index (Phi) is 8.37. The molecule has 178 valence electrons. The van der Waals surface area contributed by atoms with Crippen LogP contribution in [0.1, 0.15) is 11.3 Å². The van der Waals surface area contributed by atoms with Crippen LogP contribution in [0.3, 0.4) is 0 Å². The van der Waals surface area contributed by atoms with Gasteiger partial charge in [-0.15, -0.1) is 0 Å². The Hall–Kier alpha value is -4.35. The molecule has 3 rings (SSSR count). The minimum atomic E-state index is -4.41. The second kappa shape index (κ2) is 11.0. The fraction of sp³-hybridized carbons (Fsp3) is 0.100. The summed E-state index contributed by atoms with van der Waals surface area (Å²) in [5.41, 5.74) is -0.805. The molecule has 3 heterocycles. The van der Waals surface area contributed by atoms with Crippen molar-refractivity contribution in [2.45, 2.75) is 11.6 Å². The molecule has 0 aliphatic carbocycles. The van der Waals surface area contributed by atoms with E-state index in [0.29, 0.717) is 16.1 Å². The van der Waals surface area contributed by atoms with Crippen LogP contribution in [0.2, 0.25) is 0 Å². The molecule has 0 unspecified atom stereocenters. The summed E-state index contributed by atoms with van der Waals surface area (Å²) in [6.45, 7) is 0.0187. The highest BCUT2D eigenvalue weighted by Gasteiger charge is 2.30. The zero-order valence-corrected chi connectivity index (χ0v) is 18.1. The van der Waals surface area contributed by atoms with E-state index in [1.807, 2.05) is 0 Å². The summed E-state index contributed by atoms with van der Waals surface area (Å²) in [5, 5.41) is 26.6. The predicted molar refractivity (Wildman–Crippen MR) is 111 cm³/mol. The van der Waals surface area contributed by atoms with Crippen LogP contribution in [-0.4, -0.2) is 46.6 Å². The molecule has 0 amide bonds. The zero-order valence-electron chi connectivity index (χ0n) is 17.3. The number of nitrogens with one attached hydrogen (secondary N) is 1. The van der Waals surface area contributed by atoms with Gasteiger partial charge in [-0.3, -0.25) is 0 Å². The maximum atomic E-state index is 14.9. The van der Waals surface area contributed by atoms with E-state index in [4.69, 9.17) is 19.9 Å². The SMILES string of the molecule is CNCc1cn(S(=O)(=O)c2ccc(C#N)o2)c(-c2cccnc2F)c1F.O=C(O)/C=C/C(=O)O. The van der Waals surface area contributed by atoms with Crippen molar-refractivity contribution in [3.05, 3.63) is 71.9 Å². The minimum Gasteiger partial charge on any atom is -0.478 e. The number of nitrogens with zero attached hydrogens (tertiary/aromatic N) is 3. The number of pyridine rings is 1. The van der Waals surface area contributed by atoms with Gasteiger partial charge >= 0.3 is 22.0 Å². The second-order valence-electron chi connectivity index (χ2n) is 6.23. The quantitative estimate of drug-likeness (QED) is 0.325. The third-order valence-electron chi connectivity index (χ3n) is 3.94. The van der Waals surface area contributed by atoms with E-state index < -0.39 is 44.5 Å². The van der Waals surface area contributed by atoms with Crippen molar-refractivity contribution in [3.8, 4) is 17.3 Å². The summed E-state index contributed by atoms with van der Waals surface area (Å²) in [4.78, 5) is 22.5. The zero-order chi connectivity index (χ0) is 25.5. The van der Waals surface area contributed by atoms with E-state index in [1.165, 1.54) is 24.4 Å². The molecule has 34 heavy (non-hydrogen) atoms. The summed E-state index contributed by atoms with van der Waals surface area (Å²) in [5.74, 6) is -4.66. The van der Waals surface area contributed by atoms with Crippen molar-refractivity contribution in [1.29, 1.82) is 5.26 Å². The lowest BCUT2D eigenvalue weighted by Crippen LogP contribution is -2.13. The summed E-state index contributed by atoms with van der Waals surface area (Å²) < 4.78 is 60.3. The Labute approximate surface area is 191 Å². The van der Waals surface area contributed by atoms with Crippen molar-refractivity contribution in [2.24, 2.45) is 0 Å². The van der Waals surface area contributed by atoms with Crippen molar-refractivity contribution >= 4 is 22.0 Å². The summed E-state index contributed by atoms with van der Waals surface area (Å²) >= 11 is 0. The van der Waals surface area contributed by atoms with Crippen LogP contribution in [-0.2, 0) is 26.2 Å². The minimum absolute atomic E-state index is 0.0152. The van der Waals surface area contributed by atoms with Gasteiger partial charge in [-0.05, 0) is 31.3 Å². The van der Waals surface area contributed by atoms with E-state index in [2.05, 4.69) is 10.3 Å². The van der Waals surface area contributed by atoms with E-state index in [0.717, 1.165) is 12.3 Å². The highest BCUT2D eigenvalue weighted by Crippen LogP contribution is 2.32. The first-order valence-corrected chi connectivity index (χ1v) is 10.5. The normalized spacial score (nSPS) is 11.0. The fourth-order valence-corrected chi connectivity index (χ4v) is 3.89. The van der Waals surface area contributed by atoms with Crippen LogP contribution in [0, 0.1) is 23.1 Å². The number of furan rings is 1. The number of carbonyl (C=O) groups is 2. The van der Waals surface area contributed by atoms with Crippen LogP contribution in [0.25, 0.3) is 11.3 Å². The topological polar surface area (TPSA) is 176 Å². The number of halogens is 2. The Morgan fingerprint density at radius 2 is 1.88 bits per heavy atom. The molecule has 0 spiro atoms. The molecular formula is C20H16F2N4O7S. The van der Waals surface area contributed by atoms with E-state index in [9.17, 15) is 26.8 Å². The van der Waals surface area contributed by atoms with Gasteiger partial charge in [0.05, 0.1) is 5.56 Å². The molecule has 3 aromatic rings. The lowest BCUT2D eigenvalue weighted by molar-refractivity contribution is -0.134. The molecule has 3 N–H and O–H groups in total. The van der Waals surface area contributed by atoms with Crippen LogP contribution in [0.5, 0.6) is 0 Å². The van der Waals surface area contributed by atoms with E-state index >= 15 is 0 Å². The van der Waals surface area contributed by atoms with Crippen LogP contribution in [0.15, 0.2) is 58.3 Å². The monoisotopic (exact) mass is 494 g/mol. The van der Waals surface area contributed by atoms with Gasteiger partial charge in [-0.2, -0.15) is 18.1 Å². The van der Waals surface area contributed by atoms with Crippen molar-refractivity contribution in [3.63, 3.8) is 0 Å². The fourth-order valence-electron chi connectivity index (χ4n) is 2.57. The van der Waals surface area contributed by atoms with E-state index in [1.54, 1.807) is 13.1 Å². The molecule has 0 aromatic carbocycles. The Balaban J connectivity index is 0.000000440. The van der Waals surface area contributed by atoms with Crippen molar-refractivity contribution < 1.29 is 41.4 Å².